The first-order chi connectivity index (χ1) is 14.9. The minimum atomic E-state index is 0.000119. The normalized spacial score (nSPS) is 11.2. The van der Waals surface area contributed by atoms with E-state index in [1.807, 2.05) is 49.0 Å². The Morgan fingerprint density at radius 2 is 1.94 bits per heavy atom. The van der Waals surface area contributed by atoms with Gasteiger partial charge in [-0.25, -0.2) is 0 Å². The second-order valence-corrected chi connectivity index (χ2v) is 8.53. The molecule has 0 bridgehead atoms. The van der Waals surface area contributed by atoms with Crippen LogP contribution in [0.25, 0.3) is 10.9 Å². The highest BCUT2D eigenvalue weighted by Crippen LogP contribution is 2.25. The zero-order chi connectivity index (χ0) is 22.0. The number of H-pyrrole nitrogens is 1. The van der Waals surface area contributed by atoms with Crippen molar-refractivity contribution in [1.82, 2.24) is 14.8 Å². The number of nitrogens with zero attached hydrogens (tertiary/aromatic N) is 2. The topological polar surface area (TPSA) is 62.7 Å². The Morgan fingerprint density at radius 3 is 2.74 bits per heavy atom. The first-order valence-electron chi connectivity index (χ1n) is 10.2. The molecule has 0 atom stereocenters. The molecule has 0 fully saturated rings. The highest BCUT2D eigenvalue weighted by molar-refractivity contribution is 6.42. The number of rotatable bonds is 7. The number of para-hydroxylation sites is 1. The summed E-state index contributed by atoms with van der Waals surface area (Å²) in [6.07, 6.45) is 4.12. The molecule has 0 radical (unpaired) electrons. The molecule has 31 heavy (non-hydrogen) atoms. The van der Waals surface area contributed by atoms with Gasteiger partial charge in [0, 0.05) is 23.5 Å². The predicted octanol–water partition coefficient (Wildman–Crippen LogP) is 6.30. The number of aryl methyl sites for hydroxylation is 2. The van der Waals surface area contributed by atoms with Gasteiger partial charge in [0.15, 0.2) is 0 Å². The van der Waals surface area contributed by atoms with Gasteiger partial charge in [-0.15, -0.1) is 0 Å². The Morgan fingerprint density at radius 1 is 1.13 bits per heavy atom. The molecule has 4 rings (SSSR count). The zero-order valence-corrected chi connectivity index (χ0v) is 19.0. The SMILES string of the molecule is Cc1nn(Cc2ccc(Cl)c(Cl)c2)c(C)c1NC(=O)CCCc1c[nH]c2ccccc12. The molecule has 2 aromatic heterocycles. The molecule has 1 amide bonds. The van der Waals surface area contributed by atoms with Gasteiger partial charge >= 0.3 is 0 Å². The van der Waals surface area contributed by atoms with Gasteiger partial charge in [-0.2, -0.15) is 5.10 Å². The number of amides is 1. The van der Waals surface area contributed by atoms with Crippen molar-refractivity contribution in [2.45, 2.75) is 39.7 Å². The summed E-state index contributed by atoms with van der Waals surface area (Å²) in [5, 5.41) is 9.90. The molecule has 0 saturated heterocycles. The van der Waals surface area contributed by atoms with E-state index in [1.54, 1.807) is 6.07 Å². The van der Waals surface area contributed by atoms with Crippen LogP contribution in [0.3, 0.4) is 0 Å². The molecular weight excluding hydrogens is 431 g/mol. The van der Waals surface area contributed by atoms with Crippen molar-refractivity contribution in [3.8, 4) is 0 Å². The number of anilines is 1. The highest BCUT2D eigenvalue weighted by atomic mass is 35.5. The van der Waals surface area contributed by atoms with Crippen LogP contribution in [-0.4, -0.2) is 20.7 Å². The van der Waals surface area contributed by atoms with E-state index in [2.05, 4.69) is 27.5 Å². The molecule has 0 aliphatic heterocycles. The maximum absolute atomic E-state index is 12.6. The van der Waals surface area contributed by atoms with Crippen LogP contribution in [0.2, 0.25) is 10.0 Å². The maximum Gasteiger partial charge on any atom is 0.224 e. The number of hydrogen-bond donors (Lipinski definition) is 2. The molecule has 5 nitrogen and oxygen atoms in total. The van der Waals surface area contributed by atoms with Gasteiger partial charge in [-0.1, -0.05) is 47.5 Å². The molecular formula is C24H24Cl2N4O. The van der Waals surface area contributed by atoms with Gasteiger partial charge in [-0.05, 0) is 56.0 Å². The van der Waals surface area contributed by atoms with E-state index in [4.69, 9.17) is 23.2 Å². The Bertz CT molecular complexity index is 1240. The molecule has 160 valence electrons. The van der Waals surface area contributed by atoms with Gasteiger partial charge in [0.05, 0.1) is 33.7 Å². The van der Waals surface area contributed by atoms with Crippen molar-refractivity contribution in [1.29, 1.82) is 0 Å². The average molecular weight is 455 g/mol. The number of nitrogens with one attached hydrogen (secondary N) is 2. The van der Waals surface area contributed by atoms with Crippen LogP contribution in [0.15, 0.2) is 48.7 Å². The standard InChI is InChI=1S/C24H24Cl2N4O/c1-15-24(16(2)30(29-15)14-17-10-11-20(25)21(26)12-17)28-23(31)9-5-6-18-13-27-22-8-4-3-7-19(18)22/h3-4,7-8,10-13,27H,5-6,9,14H2,1-2H3,(H,28,31). The van der Waals surface area contributed by atoms with Crippen molar-refractivity contribution < 1.29 is 4.79 Å². The fraction of sp³-hybridized carbons (Fsp3) is 0.250. The minimum Gasteiger partial charge on any atom is -0.361 e. The van der Waals surface area contributed by atoms with E-state index in [9.17, 15) is 4.79 Å². The van der Waals surface area contributed by atoms with Crippen molar-refractivity contribution in [3.05, 3.63) is 81.2 Å². The second-order valence-electron chi connectivity index (χ2n) is 7.71. The summed E-state index contributed by atoms with van der Waals surface area (Å²) in [6, 6.07) is 13.8. The number of aromatic nitrogens is 3. The molecule has 0 saturated carbocycles. The van der Waals surface area contributed by atoms with E-state index in [-0.39, 0.29) is 5.91 Å². The maximum atomic E-state index is 12.6. The highest BCUT2D eigenvalue weighted by Gasteiger charge is 2.15. The molecule has 4 aromatic rings. The lowest BCUT2D eigenvalue weighted by Crippen LogP contribution is -2.13. The summed E-state index contributed by atoms with van der Waals surface area (Å²) in [4.78, 5) is 15.9. The third kappa shape index (κ3) is 4.78. The summed E-state index contributed by atoms with van der Waals surface area (Å²) in [5.41, 5.74) is 5.85. The molecule has 0 spiro atoms. The fourth-order valence-electron chi connectivity index (χ4n) is 3.82. The zero-order valence-electron chi connectivity index (χ0n) is 17.5. The molecule has 7 heteroatoms. The third-order valence-corrected chi connectivity index (χ3v) is 6.23. The van der Waals surface area contributed by atoms with E-state index >= 15 is 0 Å². The summed E-state index contributed by atoms with van der Waals surface area (Å²) < 4.78 is 1.87. The van der Waals surface area contributed by atoms with Crippen LogP contribution in [0.4, 0.5) is 5.69 Å². The Labute approximate surface area is 191 Å². The number of halogens is 2. The molecule has 2 N–H and O–H groups in total. The molecule has 0 aliphatic carbocycles. The van der Waals surface area contributed by atoms with Crippen LogP contribution < -0.4 is 5.32 Å². The number of hydrogen-bond acceptors (Lipinski definition) is 2. The average Bonchev–Trinajstić information content (AvgIpc) is 3.27. The van der Waals surface area contributed by atoms with E-state index in [0.29, 0.717) is 23.0 Å². The summed E-state index contributed by atoms with van der Waals surface area (Å²) in [6.45, 7) is 4.42. The Balaban J connectivity index is 1.37. The third-order valence-electron chi connectivity index (χ3n) is 5.49. The quantitative estimate of drug-likeness (QED) is 0.344. The molecule has 0 unspecified atom stereocenters. The molecule has 0 aliphatic rings. The number of benzene rings is 2. The number of fused-ring (bicyclic) bond motifs is 1. The van der Waals surface area contributed by atoms with Gasteiger partial charge < -0.3 is 10.3 Å². The fourth-order valence-corrected chi connectivity index (χ4v) is 4.14. The predicted molar refractivity (Wildman–Crippen MR) is 127 cm³/mol. The van der Waals surface area contributed by atoms with E-state index < -0.39 is 0 Å². The lowest BCUT2D eigenvalue weighted by atomic mass is 10.1. The number of carbonyl (C=O) groups excluding carboxylic acids is 1. The van der Waals surface area contributed by atoms with Crippen LogP contribution in [0, 0.1) is 13.8 Å². The van der Waals surface area contributed by atoms with E-state index in [1.165, 1.54) is 10.9 Å². The van der Waals surface area contributed by atoms with Crippen molar-refractivity contribution in [3.63, 3.8) is 0 Å². The van der Waals surface area contributed by atoms with Crippen LogP contribution in [-0.2, 0) is 17.8 Å². The van der Waals surface area contributed by atoms with Crippen LogP contribution in [0.1, 0.15) is 35.4 Å². The number of aromatic amines is 1. The largest absolute Gasteiger partial charge is 0.361 e. The van der Waals surface area contributed by atoms with Crippen LogP contribution in [0.5, 0.6) is 0 Å². The Kier molecular flexibility index (Phi) is 6.35. The monoisotopic (exact) mass is 454 g/mol. The van der Waals surface area contributed by atoms with Gasteiger partial charge in [0.2, 0.25) is 5.91 Å². The van der Waals surface area contributed by atoms with Gasteiger partial charge in [0.1, 0.15) is 0 Å². The van der Waals surface area contributed by atoms with Crippen molar-refractivity contribution >= 4 is 45.7 Å². The smallest absolute Gasteiger partial charge is 0.224 e. The van der Waals surface area contributed by atoms with Gasteiger partial charge in [-0.3, -0.25) is 9.48 Å². The van der Waals surface area contributed by atoms with Gasteiger partial charge in [0.25, 0.3) is 0 Å². The minimum absolute atomic E-state index is 0.000119. The summed E-state index contributed by atoms with van der Waals surface area (Å²) in [5.74, 6) is 0.000119. The lowest BCUT2D eigenvalue weighted by molar-refractivity contribution is -0.116. The molecule has 2 heterocycles. The lowest BCUT2D eigenvalue weighted by Gasteiger charge is -2.08. The van der Waals surface area contributed by atoms with Crippen LogP contribution >= 0.6 is 23.2 Å². The number of carbonyl (C=O) groups is 1. The second kappa shape index (κ2) is 9.16. The van der Waals surface area contributed by atoms with Crippen molar-refractivity contribution in [2.75, 3.05) is 5.32 Å². The molecule has 2 aromatic carbocycles. The first kappa shape index (κ1) is 21.5. The Hall–Kier alpha value is -2.76. The van der Waals surface area contributed by atoms with Crippen molar-refractivity contribution in [2.24, 2.45) is 0 Å². The van der Waals surface area contributed by atoms with E-state index in [0.717, 1.165) is 41.0 Å². The first-order valence-corrected chi connectivity index (χ1v) is 11.0. The summed E-state index contributed by atoms with van der Waals surface area (Å²) >= 11 is 12.1. The summed E-state index contributed by atoms with van der Waals surface area (Å²) in [7, 11) is 0.